The summed E-state index contributed by atoms with van der Waals surface area (Å²) in [4.78, 5) is 12.3. The maximum atomic E-state index is 12.3. The summed E-state index contributed by atoms with van der Waals surface area (Å²) in [6.45, 7) is 0. The molecule has 0 heterocycles. The van der Waals surface area contributed by atoms with Gasteiger partial charge in [-0.15, -0.1) is 11.6 Å². The summed E-state index contributed by atoms with van der Waals surface area (Å²) in [6.07, 6.45) is 0. The first-order valence-electron chi connectivity index (χ1n) is 6.76. The van der Waals surface area contributed by atoms with Gasteiger partial charge in [0.25, 0.3) is 5.91 Å². The van der Waals surface area contributed by atoms with E-state index in [0.29, 0.717) is 16.3 Å². The summed E-state index contributed by atoms with van der Waals surface area (Å²) in [6, 6.07) is 8.94. The van der Waals surface area contributed by atoms with E-state index in [1.807, 2.05) is 0 Å². The lowest BCUT2D eigenvalue weighted by molar-refractivity contribution is 0.102. The van der Waals surface area contributed by atoms with Crippen LogP contribution in [0.5, 0.6) is 5.75 Å². The van der Waals surface area contributed by atoms with Crippen LogP contribution in [0.25, 0.3) is 0 Å². The monoisotopic (exact) mass is 422 g/mol. The van der Waals surface area contributed by atoms with Crippen molar-refractivity contribution < 1.29 is 17.9 Å². The Morgan fingerprint density at radius 3 is 2.44 bits per heavy atom. The van der Waals surface area contributed by atoms with Crippen LogP contribution in [0, 0.1) is 0 Å². The third-order valence-electron chi connectivity index (χ3n) is 3.05. The molecule has 0 unspecified atom stereocenters. The van der Waals surface area contributed by atoms with E-state index in [2.05, 4.69) is 10.0 Å². The predicted octanol–water partition coefficient (Wildman–Crippen LogP) is 4.19. The Morgan fingerprint density at radius 1 is 1.12 bits per heavy atom. The molecule has 2 aromatic rings. The quantitative estimate of drug-likeness (QED) is 0.682. The Balaban J connectivity index is 2.27. The lowest BCUT2D eigenvalue weighted by Gasteiger charge is -2.13. The van der Waals surface area contributed by atoms with E-state index < -0.39 is 21.1 Å². The Morgan fingerprint density at radius 2 is 1.84 bits per heavy atom. The van der Waals surface area contributed by atoms with Gasteiger partial charge in [0.1, 0.15) is 11.0 Å². The van der Waals surface area contributed by atoms with Crippen LogP contribution in [0.4, 0.5) is 11.4 Å². The standard InChI is InChI=1S/C15H13Cl3N2O4S/c1-24-14-5-3-10(7-13(14)20-25(22,23)8-16)19-15(21)9-2-4-11(17)12(18)6-9/h2-7,20H,8H2,1H3,(H,19,21). The number of nitrogens with one attached hydrogen (secondary N) is 2. The summed E-state index contributed by atoms with van der Waals surface area (Å²) in [7, 11) is -2.33. The van der Waals surface area contributed by atoms with Gasteiger partial charge in [0.15, 0.2) is 0 Å². The number of alkyl halides is 1. The van der Waals surface area contributed by atoms with E-state index in [-0.39, 0.29) is 16.5 Å². The Hall–Kier alpha value is -1.67. The molecule has 0 atom stereocenters. The summed E-state index contributed by atoms with van der Waals surface area (Å²) in [5.41, 5.74) is 0.798. The number of benzene rings is 2. The average molecular weight is 424 g/mol. The molecule has 25 heavy (non-hydrogen) atoms. The topological polar surface area (TPSA) is 84.5 Å². The lowest BCUT2D eigenvalue weighted by Crippen LogP contribution is -2.15. The maximum Gasteiger partial charge on any atom is 0.255 e. The largest absolute Gasteiger partial charge is 0.495 e. The fraction of sp³-hybridized carbons (Fsp3) is 0.133. The number of anilines is 2. The zero-order valence-electron chi connectivity index (χ0n) is 12.8. The molecule has 0 spiro atoms. The van der Waals surface area contributed by atoms with Gasteiger partial charge in [0.05, 0.1) is 22.8 Å². The van der Waals surface area contributed by atoms with Crippen LogP contribution in [0.15, 0.2) is 36.4 Å². The second-order valence-corrected chi connectivity index (χ2v) is 7.94. The fourth-order valence-electron chi connectivity index (χ4n) is 1.90. The van der Waals surface area contributed by atoms with E-state index in [9.17, 15) is 13.2 Å². The SMILES string of the molecule is COc1ccc(NC(=O)c2ccc(Cl)c(Cl)c2)cc1NS(=O)(=O)CCl. The normalized spacial score (nSPS) is 11.0. The molecule has 134 valence electrons. The van der Waals surface area contributed by atoms with Gasteiger partial charge in [-0.05, 0) is 36.4 Å². The number of sulfonamides is 1. The highest BCUT2D eigenvalue weighted by molar-refractivity contribution is 7.93. The summed E-state index contributed by atoms with van der Waals surface area (Å²) in [5, 5.41) is 2.60. The maximum absolute atomic E-state index is 12.3. The smallest absolute Gasteiger partial charge is 0.255 e. The van der Waals surface area contributed by atoms with Crippen LogP contribution in [0.2, 0.25) is 10.0 Å². The van der Waals surface area contributed by atoms with E-state index in [1.165, 1.54) is 37.4 Å². The number of ether oxygens (including phenoxy) is 1. The number of rotatable bonds is 6. The molecule has 0 fully saturated rings. The van der Waals surface area contributed by atoms with Crippen molar-refractivity contribution in [3.05, 3.63) is 52.0 Å². The molecule has 2 rings (SSSR count). The van der Waals surface area contributed by atoms with Gasteiger partial charge in [0.2, 0.25) is 10.0 Å². The minimum Gasteiger partial charge on any atom is -0.495 e. The third-order valence-corrected chi connectivity index (χ3v) is 5.47. The first kappa shape index (κ1) is 19.7. The van der Waals surface area contributed by atoms with Gasteiger partial charge in [0, 0.05) is 11.3 Å². The van der Waals surface area contributed by atoms with Gasteiger partial charge < -0.3 is 10.1 Å². The number of hydrogen-bond donors (Lipinski definition) is 2. The van der Waals surface area contributed by atoms with E-state index in [1.54, 1.807) is 6.07 Å². The Labute approximate surface area is 160 Å². The Bertz CT molecular complexity index is 904. The molecular formula is C15H13Cl3N2O4S. The van der Waals surface area contributed by atoms with Gasteiger partial charge in [-0.2, -0.15) is 0 Å². The molecule has 1 amide bonds. The molecule has 0 radical (unpaired) electrons. The van der Waals surface area contributed by atoms with Crippen molar-refractivity contribution in [1.82, 2.24) is 0 Å². The van der Waals surface area contributed by atoms with E-state index in [0.717, 1.165) is 0 Å². The third kappa shape index (κ3) is 5.15. The number of methoxy groups -OCH3 is 1. The molecule has 0 aliphatic heterocycles. The molecule has 0 aromatic heterocycles. The van der Waals surface area contributed by atoms with Gasteiger partial charge >= 0.3 is 0 Å². The van der Waals surface area contributed by atoms with Crippen LogP contribution in [0.3, 0.4) is 0 Å². The van der Waals surface area contributed by atoms with Crippen molar-refractivity contribution in [3.8, 4) is 5.75 Å². The molecule has 0 aliphatic carbocycles. The molecule has 10 heteroatoms. The van der Waals surface area contributed by atoms with Gasteiger partial charge in [-0.25, -0.2) is 8.42 Å². The molecule has 2 aromatic carbocycles. The van der Waals surface area contributed by atoms with Crippen LogP contribution >= 0.6 is 34.8 Å². The zero-order valence-corrected chi connectivity index (χ0v) is 15.9. The molecule has 2 N–H and O–H groups in total. The van der Waals surface area contributed by atoms with Crippen molar-refractivity contribution in [2.75, 3.05) is 22.4 Å². The van der Waals surface area contributed by atoms with Crippen LogP contribution in [0.1, 0.15) is 10.4 Å². The number of carbonyl (C=O) groups is 1. The number of carbonyl (C=O) groups excluding carboxylic acids is 1. The van der Waals surface area contributed by atoms with Crippen molar-refractivity contribution >= 4 is 62.1 Å². The van der Waals surface area contributed by atoms with Crippen LogP contribution in [-0.2, 0) is 10.0 Å². The molecule has 0 aliphatic rings. The predicted molar refractivity (Wildman–Crippen MR) is 101 cm³/mol. The minimum absolute atomic E-state index is 0.148. The van der Waals surface area contributed by atoms with E-state index in [4.69, 9.17) is 39.5 Å². The zero-order chi connectivity index (χ0) is 18.6. The van der Waals surface area contributed by atoms with Gasteiger partial charge in [-0.3, -0.25) is 9.52 Å². The number of hydrogen-bond acceptors (Lipinski definition) is 4. The highest BCUT2D eigenvalue weighted by atomic mass is 35.5. The molecular weight excluding hydrogens is 411 g/mol. The highest BCUT2D eigenvalue weighted by Crippen LogP contribution is 2.29. The van der Waals surface area contributed by atoms with Crippen LogP contribution < -0.4 is 14.8 Å². The van der Waals surface area contributed by atoms with Crippen LogP contribution in [-0.4, -0.2) is 26.6 Å². The fourth-order valence-corrected chi connectivity index (χ4v) is 2.91. The van der Waals surface area contributed by atoms with Gasteiger partial charge in [-0.1, -0.05) is 23.2 Å². The Kier molecular flexibility index (Phi) is 6.40. The lowest BCUT2D eigenvalue weighted by atomic mass is 10.2. The van der Waals surface area contributed by atoms with Crippen molar-refractivity contribution in [2.45, 2.75) is 0 Å². The first-order chi connectivity index (χ1) is 11.8. The summed E-state index contributed by atoms with van der Waals surface area (Å²) < 4.78 is 30.7. The van der Waals surface area contributed by atoms with Crippen molar-refractivity contribution in [3.63, 3.8) is 0 Å². The highest BCUT2D eigenvalue weighted by Gasteiger charge is 2.14. The molecule has 0 bridgehead atoms. The van der Waals surface area contributed by atoms with Crippen molar-refractivity contribution in [2.24, 2.45) is 0 Å². The molecule has 6 nitrogen and oxygen atoms in total. The van der Waals surface area contributed by atoms with Crippen molar-refractivity contribution in [1.29, 1.82) is 0 Å². The molecule has 0 saturated heterocycles. The second kappa shape index (κ2) is 8.14. The number of halogens is 3. The van der Waals surface area contributed by atoms with E-state index >= 15 is 0 Å². The molecule has 0 saturated carbocycles. The first-order valence-corrected chi connectivity index (χ1v) is 9.71. The number of amides is 1. The summed E-state index contributed by atoms with van der Waals surface area (Å²) >= 11 is 17.1. The minimum atomic E-state index is -3.72. The second-order valence-electron chi connectivity index (χ2n) is 4.82. The average Bonchev–Trinajstić information content (AvgIpc) is 2.57. The summed E-state index contributed by atoms with van der Waals surface area (Å²) in [5.74, 6) is -0.156.